The molecule has 0 fully saturated rings. The molecular weight excluding hydrogens is 653 g/mol. The van der Waals surface area contributed by atoms with E-state index in [0.29, 0.717) is 20.6 Å². The fraction of sp³-hybridized carbons (Fsp3) is 0.579. The van der Waals surface area contributed by atoms with Crippen LogP contribution in [0.25, 0.3) is 0 Å². The molecule has 0 aromatic heterocycles. The van der Waals surface area contributed by atoms with E-state index in [2.05, 4.69) is 193 Å². The normalized spacial score (nSPS) is 12.9. The van der Waals surface area contributed by atoms with Crippen molar-refractivity contribution in [1.82, 2.24) is 0 Å². The van der Waals surface area contributed by atoms with Gasteiger partial charge in [0, 0.05) is 60.0 Å². The summed E-state index contributed by atoms with van der Waals surface area (Å²) in [6.07, 6.45) is 6.79. The Balaban J connectivity index is 0.000000802. The van der Waals surface area contributed by atoms with Crippen molar-refractivity contribution in [3.63, 3.8) is 0 Å². The van der Waals surface area contributed by atoms with Crippen molar-refractivity contribution in [1.29, 1.82) is 0 Å². The molecule has 2 aromatic rings. The summed E-state index contributed by atoms with van der Waals surface area (Å²) < 4.78 is 0. The summed E-state index contributed by atoms with van der Waals surface area (Å²) in [6.45, 7) is 28.3. The van der Waals surface area contributed by atoms with Crippen molar-refractivity contribution in [3.05, 3.63) is 83.4 Å². The van der Waals surface area contributed by atoms with Crippen molar-refractivity contribution < 1.29 is 20.4 Å². The molecule has 0 N–H and O–H groups in total. The van der Waals surface area contributed by atoms with Gasteiger partial charge >= 0.3 is 0 Å². The molecule has 0 heterocycles. The Kier molecular flexibility index (Phi) is 17.3. The summed E-state index contributed by atoms with van der Waals surface area (Å²) >= 11 is 0. The van der Waals surface area contributed by atoms with E-state index in [1.54, 1.807) is 0 Å². The molecule has 0 saturated heterocycles. The van der Waals surface area contributed by atoms with E-state index in [-0.39, 0.29) is 36.3 Å². The maximum absolute atomic E-state index is 2.48. The number of allylic oxidation sites excluding steroid dienone is 2. The monoisotopic (exact) mass is 716 g/mol. The Labute approximate surface area is 284 Å². The van der Waals surface area contributed by atoms with Crippen LogP contribution in [0.1, 0.15) is 94.2 Å². The Morgan fingerprint density at radius 1 is 0.465 bits per heavy atom. The quantitative estimate of drug-likeness (QED) is 0.198. The summed E-state index contributed by atoms with van der Waals surface area (Å²) in [5.74, 6) is 4.96. The third-order valence-electron chi connectivity index (χ3n) is 7.01. The smallest absolute Gasteiger partial charge is 0.0361 e. The number of anilines is 2. The van der Waals surface area contributed by atoms with Crippen molar-refractivity contribution >= 4 is 27.2 Å². The zero-order valence-electron chi connectivity index (χ0n) is 30.4. The molecule has 0 atom stereocenters. The fourth-order valence-corrected chi connectivity index (χ4v) is 11.8. The van der Waals surface area contributed by atoms with Crippen molar-refractivity contribution in [3.8, 4) is 0 Å². The molecular formula is C38H64N2P2Pd. The van der Waals surface area contributed by atoms with Crippen LogP contribution in [0.2, 0.25) is 0 Å². The van der Waals surface area contributed by atoms with Crippen molar-refractivity contribution in [2.24, 2.45) is 0 Å². The van der Waals surface area contributed by atoms with Gasteiger partial charge in [0.05, 0.1) is 0 Å². The van der Waals surface area contributed by atoms with Crippen molar-refractivity contribution in [2.45, 2.75) is 117 Å². The molecule has 246 valence electrons. The predicted molar refractivity (Wildman–Crippen MR) is 200 cm³/mol. The minimum absolute atomic E-state index is 0. The first-order valence-electron chi connectivity index (χ1n) is 15.5. The summed E-state index contributed by atoms with van der Waals surface area (Å²) in [5.41, 5.74) is 5.29. The first-order chi connectivity index (χ1) is 19.0. The van der Waals surface area contributed by atoms with Crippen LogP contribution in [0.3, 0.4) is 0 Å². The Bertz CT molecular complexity index is 986. The second kappa shape index (κ2) is 17.7. The maximum Gasteiger partial charge on any atom is 0.0361 e. The number of rotatable bonds is 8. The Hall–Kier alpha value is -0.958. The van der Waals surface area contributed by atoms with Crippen LogP contribution in [-0.4, -0.2) is 48.8 Å². The third-order valence-corrected chi connectivity index (χ3v) is 13.8. The molecule has 0 radical (unpaired) electrons. The molecule has 0 amide bonds. The number of hydrogen-bond donors (Lipinski definition) is 0. The van der Waals surface area contributed by atoms with E-state index >= 15 is 0 Å². The van der Waals surface area contributed by atoms with Gasteiger partial charge in [-0.15, -0.1) is 0 Å². The predicted octanol–water partition coefficient (Wildman–Crippen LogP) is 11.8. The largest absolute Gasteiger partial charge is 0.378 e. The molecule has 0 unspecified atom stereocenters. The molecule has 5 heteroatoms. The number of benzene rings is 2. The van der Waals surface area contributed by atoms with Gasteiger partial charge in [-0.25, -0.2) is 0 Å². The fourth-order valence-electron chi connectivity index (χ4n) is 5.36. The van der Waals surface area contributed by atoms with Gasteiger partial charge in [-0.05, 0) is 68.9 Å². The zero-order valence-corrected chi connectivity index (χ0v) is 33.8. The van der Waals surface area contributed by atoms with Crippen LogP contribution in [0.15, 0.2) is 72.3 Å². The third kappa shape index (κ3) is 15.7. The summed E-state index contributed by atoms with van der Waals surface area (Å²) in [7, 11) is 8.02. The van der Waals surface area contributed by atoms with E-state index in [1.807, 2.05) is 0 Å². The van der Waals surface area contributed by atoms with E-state index in [0.717, 1.165) is 12.8 Å². The van der Waals surface area contributed by atoms with Gasteiger partial charge in [-0.1, -0.05) is 147 Å². The molecule has 2 nitrogen and oxygen atoms in total. The van der Waals surface area contributed by atoms with E-state index in [4.69, 9.17) is 0 Å². The average Bonchev–Trinajstić information content (AvgIpc) is 2.82. The summed E-state index contributed by atoms with van der Waals surface area (Å²) in [4.78, 5) is 4.27. The van der Waals surface area contributed by atoms with Gasteiger partial charge in [0.15, 0.2) is 0 Å². The van der Waals surface area contributed by atoms with Crippen molar-refractivity contribution in [2.75, 3.05) is 38.0 Å². The molecule has 0 aliphatic rings. The second-order valence-electron chi connectivity index (χ2n) is 15.7. The van der Waals surface area contributed by atoms with Gasteiger partial charge in [-0.3, -0.25) is 0 Å². The molecule has 0 aliphatic heterocycles. The second-order valence-corrected chi connectivity index (χ2v) is 23.2. The molecule has 2 aromatic carbocycles. The van der Waals surface area contributed by atoms with Gasteiger partial charge in [0.25, 0.3) is 0 Å². The van der Waals surface area contributed by atoms with Crippen LogP contribution in [0.4, 0.5) is 11.4 Å². The first kappa shape index (κ1) is 42.0. The minimum atomic E-state index is -0.144. The topological polar surface area (TPSA) is 6.48 Å². The van der Waals surface area contributed by atoms with Gasteiger partial charge in [0.1, 0.15) is 0 Å². The number of nitrogens with zero attached hydrogens (tertiary/aromatic N) is 2. The van der Waals surface area contributed by atoms with Crippen LogP contribution in [-0.2, 0) is 33.3 Å². The van der Waals surface area contributed by atoms with Crippen LogP contribution in [0, 0.1) is 0 Å². The standard InChI is InChI=1S/2C19H32NP.Pd/c2*1-18(2,3)21(19(4,5)6)15-9-10-16-11-13-17(14-12-16)20(7)8;/h2*9,11-15H,10H2,1-8H3;. The first-order valence-corrected chi connectivity index (χ1v) is 18.3. The van der Waals surface area contributed by atoms with Gasteiger partial charge in [-0.2, -0.15) is 0 Å². The van der Waals surface area contributed by atoms with Crippen LogP contribution in [0.5, 0.6) is 0 Å². The zero-order chi connectivity index (χ0) is 32.5. The van der Waals surface area contributed by atoms with Crippen LogP contribution >= 0.6 is 15.8 Å². The summed E-state index contributed by atoms with van der Waals surface area (Å²) in [6, 6.07) is 17.7. The minimum Gasteiger partial charge on any atom is -0.378 e. The average molecular weight is 717 g/mol. The molecule has 43 heavy (non-hydrogen) atoms. The maximum atomic E-state index is 2.48. The molecule has 0 saturated carbocycles. The summed E-state index contributed by atoms with van der Waals surface area (Å²) in [5, 5.41) is 1.44. The van der Waals surface area contributed by atoms with Gasteiger partial charge in [0.2, 0.25) is 0 Å². The molecule has 0 aliphatic carbocycles. The molecule has 0 bridgehead atoms. The number of hydrogen-bond acceptors (Lipinski definition) is 2. The Morgan fingerprint density at radius 2 is 0.698 bits per heavy atom. The van der Waals surface area contributed by atoms with E-state index < -0.39 is 0 Å². The van der Waals surface area contributed by atoms with Crippen LogP contribution < -0.4 is 9.80 Å². The molecule has 0 spiro atoms. The SMILES string of the molecule is CN(C)c1ccc(CC=CP(C(C)(C)C)C(C)(C)C)cc1.CN(C)c1ccc(CC=CP(C(C)(C)C)C(C)(C)C)cc1.[Pd]. The van der Waals surface area contributed by atoms with E-state index in [9.17, 15) is 0 Å². The molecule has 2 rings (SSSR count). The Morgan fingerprint density at radius 3 is 0.884 bits per heavy atom. The van der Waals surface area contributed by atoms with Gasteiger partial charge < -0.3 is 9.80 Å². The van der Waals surface area contributed by atoms with E-state index in [1.165, 1.54) is 22.5 Å².